The van der Waals surface area contributed by atoms with E-state index in [1.165, 1.54) is 6.07 Å². The highest BCUT2D eigenvalue weighted by Crippen LogP contribution is 2.28. The van der Waals surface area contributed by atoms with Crippen molar-refractivity contribution in [3.63, 3.8) is 0 Å². The monoisotopic (exact) mass is 658 g/mol. The largest absolute Gasteiger partial charge is 0.444 e. The third-order valence-electron chi connectivity index (χ3n) is 8.82. The third-order valence-corrected chi connectivity index (χ3v) is 8.82. The molecule has 0 spiro atoms. The van der Waals surface area contributed by atoms with Crippen molar-refractivity contribution in [3.05, 3.63) is 59.2 Å². The second-order valence-corrected chi connectivity index (χ2v) is 13.5. The minimum Gasteiger partial charge on any atom is -0.444 e. The van der Waals surface area contributed by atoms with E-state index in [2.05, 4.69) is 31.0 Å². The molecule has 260 valence electrons. The van der Waals surface area contributed by atoms with Crippen molar-refractivity contribution >= 4 is 17.5 Å². The number of anilines is 2. The van der Waals surface area contributed by atoms with Crippen molar-refractivity contribution in [2.24, 2.45) is 0 Å². The van der Waals surface area contributed by atoms with Crippen LogP contribution >= 0.6 is 0 Å². The van der Waals surface area contributed by atoms with Crippen molar-refractivity contribution in [2.75, 3.05) is 115 Å². The average Bonchev–Trinajstić information content (AvgIpc) is 3.06. The molecule has 4 fully saturated rings. The first-order chi connectivity index (χ1) is 22.7. The number of carbonyl (C=O) groups is 1. The SMILES string of the molecule is CC(C)(C)OC(=O)N1CCN(Cc2cccc(F)c2N2CCOCC2)CC1.Fc1cccc(CN2CCNCC2)c1N1CCOCC1. The number of nitrogens with one attached hydrogen (secondary N) is 1. The summed E-state index contributed by atoms with van der Waals surface area (Å²) in [6.45, 7) is 19.5. The first kappa shape index (κ1) is 35.3. The van der Waals surface area contributed by atoms with Gasteiger partial charge in [0.1, 0.15) is 17.2 Å². The fourth-order valence-electron chi connectivity index (χ4n) is 6.42. The number of nitrogens with zero attached hydrogens (tertiary/aromatic N) is 5. The van der Waals surface area contributed by atoms with Crippen molar-refractivity contribution in [2.45, 2.75) is 39.5 Å². The van der Waals surface area contributed by atoms with E-state index in [-0.39, 0.29) is 17.7 Å². The average molecular weight is 659 g/mol. The number of morpholine rings is 2. The quantitative estimate of drug-likeness (QED) is 0.500. The Morgan fingerprint density at radius 2 is 1.15 bits per heavy atom. The standard InChI is InChI=1S/C20H30FN3O3.C15H22FN3O/c1-20(2,3)27-19(25)24-9-7-22(8-10-24)15-16-5-4-6-17(21)18(16)23-11-13-26-14-12-23;16-14-3-1-2-13(12-18-6-4-17-5-7-18)15(14)19-8-10-20-11-9-19/h4-6H,7-15H2,1-3H3;1-3,17H,4-12H2. The summed E-state index contributed by atoms with van der Waals surface area (Å²) >= 11 is 0. The summed E-state index contributed by atoms with van der Waals surface area (Å²) in [4.78, 5) is 22.8. The molecule has 0 aliphatic carbocycles. The van der Waals surface area contributed by atoms with Gasteiger partial charge in [-0.3, -0.25) is 9.80 Å². The fraction of sp³-hybridized carbons (Fsp3) is 0.629. The van der Waals surface area contributed by atoms with Crippen LogP contribution in [0.4, 0.5) is 25.0 Å². The van der Waals surface area contributed by atoms with Crippen LogP contribution in [0.1, 0.15) is 31.9 Å². The lowest BCUT2D eigenvalue weighted by molar-refractivity contribution is 0.0139. The molecule has 4 aliphatic rings. The molecule has 1 amide bonds. The molecule has 4 heterocycles. The van der Waals surface area contributed by atoms with Gasteiger partial charge >= 0.3 is 6.09 Å². The van der Waals surface area contributed by atoms with Crippen LogP contribution in [-0.4, -0.2) is 131 Å². The second-order valence-electron chi connectivity index (χ2n) is 13.5. The van der Waals surface area contributed by atoms with Crippen molar-refractivity contribution in [1.29, 1.82) is 0 Å². The summed E-state index contributed by atoms with van der Waals surface area (Å²) in [7, 11) is 0. The van der Waals surface area contributed by atoms with Gasteiger partial charge in [0.25, 0.3) is 0 Å². The van der Waals surface area contributed by atoms with E-state index in [1.54, 1.807) is 17.0 Å². The molecular formula is C35H52F2N6O4. The summed E-state index contributed by atoms with van der Waals surface area (Å²) < 4.78 is 45.0. The molecule has 12 heteroatoms. The smallest absolute Gasteiger partial charge is 0.410 e. The van der Waals surface area contributed by atoms with E-state index in [9.17, 15) is 13.6 Å². The second kappa shape index (κ2) is 16.9. The van der Waals surface area contributed by atoms with Crippen LogP contribution < -0.4 is 15.1 Å². The number of rotatable bonds is 6. The van der Waals surface area contributed by atoms with Gasteiger partial charge in [0.2, 0.25) is 0 Å². The summed E-state index contributed by atoms with van der Waals surface area (Å²) in [6.07, 6.45) is -0.262. The van der Waals surface area contributed by atoms with Crippen LogP contribution in [0.5, 0.6) is 0 Å². The first-order valence-electron chi connectivity index (χ1n) is 17.0. The number of para-hydroxylation sites is 2. The van der Waals surface area contributed by atoms with Crippen LogP contribution in [0.25, 0.3) is 0 Å². The molecule has 47 heavy (non-hydrogen) atoms. The van der Waals surface area contributed by atoms with E-state index in [1.807, 2.05) is 32.9 Å². The highest BCUT2D eigenvalue weighted by Gasteiger charge is 2.27. The highest BCUT2D eigenvalue weighted by atomic mass is 19.1. The summed E-state index contributed by atoms with van der Waals surface area (Å²) in [5.74, 6) is -0.290. The zero-order valence-corrected chi connectivity index (χ0v) is 28.3. The minimum atomic E-state index is -0.483. The topological polar surface area (TPSA) is 73.0 Å². The summed E-state index contributed by atoms with van der Waals surface area (Å²) in [6, 6.07) is 10.7. The number of halogens is 2. The maximum absolute atomic E-state index is 14.5. The minimum absolute atomic E-state index is 0.112. The van der Waals surface area contributed by atoms with Gasteiger partial charge in [-0.05, 0) is 44.0 Å². The van der Waals surface area contributed by atoms with E-state index < -0.39 is 5.60 Å². The molecular weight excluding hydrogens is 606 g/mol. The Morgan fingerprint density at radius 3 is 1.60 bits per heavy atom. The lowest BCUT2D eigenvalue weighted by atomic mass is 10.1. The zero-order valence-electron chi connectivity index (χ0n) is 28.3. The molecule has 6 rings (SSSR count). The Kier molecular flexibility index (Phi) is 12.7. The van der Waals surface area contributed by atoms with Gasteiger partial charge in [0, 0.05) is 91.6 Å². The van der Waals surface area contributed by atoms with Crippen molar-refractivity contribution < 1.29 is 27.8 Å². The fourth-order valence-corrected chi connectivity index (χ4v) is 6.42. The van der Waals surface area contributed by atoms with Crippen LogP contribution in [0.3, 0.4) is 0 Å². The molecule has 4 aliphatic heterocycles. The van der Waals surface area contributed by atoms with Crippen molar-refractivity contribution in [3.8, 4) is 0 Å². The first-order valence-corrected chi connectivity index (χ1v) is 17.0. The van der Waals surface area contributed by atoms with E-state index in [4.69, 9.17) is 14.2 Å². The molecule has 1 N–H and O–H groups in total. The Hall–Kier alpha value is -3.03. The molecule has 0 atom stereocenters. The summed E-state index contributed by atoms with van der Waals surface area (Å²) in [5, 5.41) is 3.35. The molecule has 0 unspecified atom stereocenters. The summed E-state index contributed by atoms with van der Waals surface area (Å²) in [5.41, 5.74) is 3.06. The maximum atomic E-state index is 14.5. The van der Waals surface area contributed by atoms with Gasteiger partial charge in [0.05, 0.1) is 37.8 Å². The van der Waals surface area contributed by atoms with Gasteiger partial charge < -0.3 is 34.2 Å². The highest BCUT2D eigenvalue weighted by molar-refractivity contribution is 5.68. The number of ether oxygens (including phenoxy) is 3. The van der Waals surface area contributed by atoms with Gasteiger partial charge in [0.15, 0.2) is 0 Å². The Morgan fingerprint density at radius 1 is 0.702 bits per heavy atom. The predicted octanol–water partition coefficient (Wildman–Crippen LogP) is 3.78. The van der Waals surface area contributed by atoms with Gasteiger partial charge in [-0.2, -0.15) is 0 Å². The molecule has 0 saturated carbocycles. The number of piperazine rings is 2. The Bertz CT molecular complexity index is 1290. The Labute approximate surface area is 278 Å². The maximum Gasteiger partial charge on any atom is 0.410 e. The van der Waals surface area contributed by atoms with Crippen molar-refractivity contribution in [1.82, 2.24) is 20.0 Å². The van der Waals surface area contributed by atoms with E-state index in [0.717, 1.165) is 75.7 Å². The van der Waals surface area contributed by atoms with Gasteiger partial charge in [-0.1, -0.05) is 24.3 Å². The third kappa shape index (κ3) is 10.2. The van der Waals surface area contributed by atoms with Crippen LogP contribution in [0.2, 0.25) is 0 Å². The number of hydrogen-bond donors (Lipinski definition) is 1. The van der Waals surface area contributed by atoms with E-state index in [0.29, 0.717) is 64.8 Å². The Balaban J connectivity index is 0.000000193. The molecule has 2 aromatic rings. The lowest BCUT2D eigenvalue weighted by Crippen LogP contribution is -2.49. The van der Waals surface area contributed by atoms with Gasteiger partial charge in [-0.25, -0.2) is 13.6 Å². The molecule has 0 radical (unpaired) electrons. The number of amides is 1. The van der Waals surface area contributed by atoms with Gasteiger partial charge in [-0.15, -0.1) is 0 Å². The molecule has 0 bridgehead atoms. The number of carbonyl (C=O) groups excluding carboxylic acids is 1. The van der Waals surface area contributed by atoms with Crippen LogP contribution in [0.15, 0.2) is 36.4 Å². The molecule has 4 saturated heterocycles. The number of benzene rings is 2. The number of hydrogen-bond acceptors (Lipinski definition) is 9. The van der Waals surface area contributed by atoms with Crippen LogP contribution in [-0.2, 0) is 27.3 Å². The zero-order chi connectivity index (χ0) is 33.2. The predicted molar refractivity (Wildman–Crippen MR) is 180 cm³/mol. The molecule has 2 aromatic carbocycles. The lowest BCUT2D eigenvalue weighted by Gasteiger charge is -2.37. The molecule has 10 nitrogen and oxygen atoms in total. The normalized spacial score (nSPS) is 20.1. The van der Waals surface area contributed by atoms with Crippen LogP contribution in [0, 0.1) is 11.6 Å². The molecule has 0 aromatic heterocycles. The van der Waals surface area contributed by atoms with E-state index >= 15 is 0 Å².